The molecule has 0 bridgehead atoms. The summed E-state index contributed by atoms with van der Waals surface area (Å²) in [5.74, 6) is -8.37. The molecule has 3 aromatic heterocycles. The number of phenols is 2. The van der Waals surface area contributed by atoms with Gasteiger partial charge in [0.2, 0.25) is 10.9 Å². The van der Waals surface area contributed by atoms with Crippen LogP contribution in [0.2, 0.25) is 0 Å². The average Bonchev–Trinajstić information content (AvgIpc) is 2.93. The molecule has 0 aliphatic rings. The lowest BCUT2D eigenvalue weighted by molar-refractivity contribution is -0.143. The number of esters is 1. The van der Waals surface area contributed by atoms with E-state index in [4.69, 9.17) is 14.3 Å². The number of benzene rings is 1. The van der Waals surface area contributed by atoms with Gasteiger partial charge in [0.25, 0.3) is 11.5 Å². The quantitative estimate of drug-likeness (QED) is 0.0968. The third-order valence-electron chi connectivity index (χ3n) is 6.26. The first-order valence-corrected chi connectivity index (χ1v) is 12.1. The Balaban J connectivity index is 1.76. The van der Waals surface area contributed by atoms with E-state index in [1.807, 2.05) is 5.32 Å². The van der Waals surface area contributed by atoms with Crippen LogP contribution in [0.15, 0.2) is 43.4 Å². The van der Waals surface area contributed by atoms with Crippen LogP contribution in [-0.2, 0) is 19.1 Å². The number of fused-ring (bicyclic) bond motifs is 2. The number of hydrogen-bond donors (Lipinski definition) is 7. The van der Waals surface area contributed by atoms with Gasteiger partial charge in [0.05, 0.1) is 22.7 Å². The maximum atomic E-state index is 13.7. The van der Waals surface area contributed by atoms with E-state index >= 15 is 0 Å². The van der Waals surface area contributed by atoms with E-state index in [1.165, 1.54) is 6.92 Å². The second kappa shape index (κ2) is 11.4. The number of rotatable bonds is 9. The molecule has 1 amide bonds. The summed E-state index contributed by atoms with van der Waals surface area (Å²) in [6.45, 7) is 0.253. The van der Waals surface area contributed by atoms with Crippen molar-refractivity contribution in [2.24, 2.45) is 0 Å². The summed E-state index contributed by atoms with van der Waals surface area (Å²) in [7, 11) is 0. The Morgan fingerprint density at radius 2 is 1.77 bits per heavy atom. The highest BCUT2D eigenvalue weighted by Crippen LogP contribution is 2.36. The SMILES string of the molecule is Cc1[nH]c2cc(=O)c(O)cn2c(=O)c1-c1coc2cc(O)c(O)c(C(=O)OCC(=O)N[C@@H](CCC(=O)O)C(=O)O)c2c1=O. The van der Waals surface area contributed by atoms with Crippen molar-refractivity contribution in [2.75, 3.05) is 6.61 Å². The molecule has 7 N–H and O–H groups in total. The monoisotopic (exact) mass is 599 g/mol. The van der Waals surface area contributed by atoms with Crippen LogP contribution < -0.4 is 21.7 Å². The van der Waals surface area contributed by atoms with Crippen molar-refractivity contribution in [3.63, 3.8) is 0 Å². The molecule has 1 aromatic carbocycles. The third-order valence-corrected chi connectivity index (χ3v) is 6.26. The van der Waals surface area contributed by atoms with Gasteiger partial charge in [0.1, 0.15) is 29.1 Å². The zero-order valence-corrected chi connectivity index (χ0v) is 21.9. The molecule has 3 heterocycles. The van der Waals surface area contributed by atoms with Gasteiger partial charge in [0.15, 0.2) is 23.9 Å². The van der Waals surface area contributed by atoms with Crippen LogP contribution in [0.3, 0.4) is 0 Å². The molecular formula is C26H21N3O14. The lowest BCUT2D eigenvalue weighted by Crippen LogP contribution is -2.43. The number of carboxylic acid groups (broad SMARTS) is 2. The number of hydrogen-bond acceptors (Lipinski definition) is 12. The number of nitrogens with zero attached hydrogens (tertiary/aromatic N) is 1. The number of pyridine rings is 1. The minimum absolute atomic E-state index is 0.0163. The van der Waals surface area contributed by atoms with Crippen molar-refractivity contribution < 1.29 is 53.9 Å². The van der Waals surface area contributed by atoms with Crippen LogP contribution in [0.25, 0.3) is 27.7 Å². The number of aromatic amines is 1. The van der Waals surface area contributed by atoms with E-state index in [2.05, 4.69) is 4.98 Å². The van der Waals surface area contributed by atoms with Crippen LogP contribution >= 0.6 is 0 Å². The normalized spacial score (nSPS) is 11.7. The number of ether oxygens (including phenoxy) is 1. The van der Waals surface area contributed by atoms with Crippen molar-refractivity contribution in [1.82, 2.24) is 14.7 Å². The first kappa shape index (κ1) is 29.8. The van der Waals surface area contributed by atoms with Gasteiger partial charge in [-0.3, -0.25) is 28.4 Å². The van der Waals surface area contributed by atoms with Gasteiger partial charge in [-0.25, -0.2) is 9.59 Å². The molecule has 4 aromatic rings. The highest BCUT2D eigenvalue weighted by Gasteiger charge is 2.28. The number of aromatic nitrogens is 2. The number of carboxylic acids is 2. The second-order valence-electron chi connectivity index (χ2n) is 9.15. The van der Waals surface area contributed by atoms with E-state index < -0.39 is 105 Å². The van der Waals surface area contributed by atoms with Crippen LogP contribution in [0.4, 0.5) is 0 Å². The molecule has 1 atom stereocenters. The van der Waals surface area contributed by atoms with Gasteiger partial charge in [-0.05, 0) is 13.3 Å². The maximum absolute atomic E-state index is 13.7. The molecule has 17 heteroatoms. The summed E-state index contributed by atoms with van der Waals surface area (Å²) in [6, 6.07) is 0.126. The van der Waals surface area contributed by atoms with E-state index in [-0.39, 0.29) is 16.9 Å². The number of H-pyrrole nitrogens is 1. The van der Waals surface area contributed by atoms with Gasteiger partial charge < -0.3 is 45.0 Å². The van der Waals surface area contributed by atoms with Crippen molar-refractivity contribution >= 4 is 40.4 Å². The first-order valence-electron chi connectivity index (χ1n) is 12.1. The molecule has 0 saturated heterocycles. The smallest absolute Gasteiger partial charge is 0.343 e. The molecule has 0 fully saturated rings. The van der Waals surface area contributed by atoms with E-state index in [1.54, 1.807) is 0 Å². The summed E-state index contributed by atoms with van der Waals surface area (Å²) in [5.41, 5.74) is -4.80. The number of amides is 1. The standard InChI is InChI=1S/C26H21N3O14/c1-9-19(24(38)29-6-14(32)12(30)5-16(29)27-9)10-7-42-15-4-13(31)23(37)21(20(15)22(10)36)26(41)43-8-17(33)28-11(25(39)40)2-3-18(34)35/h4-7,11,27,31-32,37H,2-3,8H2,1H3,(H,28,33)(H,34,35)(H,39,40)/t11-/m0/s1. The van der Waals surface area contributed by atoms with Crippen molar-refractivity contribution in [3.8, 4) is 28.4 Å². The van der Waals surface area contributed by atoms with Gasteiger partial charge in [-0.2, -0.15) is 0 Å². The second-order valence-corrected chi connectivity index (χ2v) is 9.15. The Bertz CT molecular complexity index is 2020. The molecule has 0 radical (unpaired) electrons. The van der Waals surface area contributed by atoms with Crippen LogP contribution in [-0.4, -0.2) is 71.4 Å². The van der Waals surface area contributed by atoms with Gasteiger partial charge in [-0.1, -0.05) is 0 Å². The molecule has 0 unspecified atom stereocenters. The number of aromatic hydroxyl groups is 3. The zero-order chi connectivity index (χ0) is 31.7. The summed E-state index contributed by atoms with van der Waals surface area (Å²) >= 11 is 0. The van der Waals surface area contributed by atoms with Crippen LogP contribution in [0, 0.1) is 6.92 Å². The lowest BCUT2D eigenvalue weighted by atomic mass is 10.0. The summed E-state index contributed by atoms with van der Waals surface area (Å²) in [5, 5.41) is 49.6. The Labute approximate surface area is 236 Å². The number of carbonyl (C=O) groups excluding carboxylic acids is 2. The zero-order valence-electron chi connectivity index (χ0n) is 21.9. The van der Waals surface area contributed by atoms with E-state index in [9.17, 15) is 54.0 Å². The Hall–Kier alpha value is -6.13. The minimum atomic E-state index is -1.63. The fourth-order valence-corrected chi connectivity index (χ4v) is 4.24. The molecule has 224 valence electrons. The van der Waals surface area contributed by atoms with E-state index in [0.29, 0.717) is 0 Å². The van der Waals surface area contributed by atoms with Crippen LogP contribution in [0.1, 0.15) is 28.9 Å². The van der Waals surface area contributed by atoms with Gasteiger partial charge in [0, 0.05) is 24.2 Å². The topological polar surface area (TPSA) is 275 Å². The summed E-state index contributed by atoms with van der Waals surface area (Å²) in [4.78, 5) is 88.7. The Morgan fingerprint density at radius 3 is 2.42 bits per heavy atom. The molecule has 17 nitrogen and oxygen atoms in total. The van der Waals surface area contributed by atoms with Crippen molar-refractivity contribution in [2.45, 2.75) is 25.8 Å². The first-order chi connectivity index (χ1) is 20.2. The summed E-state index contributed by atoms with van der Waals surface area (Å²) < 4.78 is 11.1. The fraction of sp³-hybridized carbons (Fsp3) is 0.192. The lowest BCUT2D eigenvalue weighted by Gasteiger charge is -2.14. The predicted octanol–water partition coefficient (Wildman–Crippen LogP) is -0.223. The fourth-order valence-electron chi connectivity index (χ4n) is 4.24. The molecular weight excluding hydrogens is 578 g/mol. The van der Waals surface area contributed by atoms with Crippen molar-refractivity contribution in [1.29, 1.82) is 0 Å². The third kappa shape index (κ3) is 5.71. The molecule has 0 aliphatic carbocycles. The Kier molecular flexibility index (Phi) is 7.91. The minimum Gasteiger partial charge on any atom is -0.504 e. The molecule has 0 spiro atoms. The number of nitrogens with one attached hydrogen (secondary N) is 2. The maximum Gasteiger partial charge on any atom is 0.343 e. The predicted molar refractivity (Wildman–Crippen MR) is 142 cm³/mol. The molecule has 0 aliphatic heterocycles. The number of phenolic OH excluding ortho intramolecular Hbond substituents is 2. The highest BCUT2D eigenvalue weighted by atomic mass is 16.5. The molecule has 0 saturated carbocycles. The average molecular weight is 599 g/mol. The molecule has 43 heavy (non-hydrogen) atoms. The van der Waals surface area contributed by atoms with Gasteiger partial charge in [-0.15, -0.1) is 0 Å². The number of aliphatic carboxylic acids is 2. The van der Waals surface area contributed by atoms with Crippen molar-refractivity contribution in [3.05, 3.63) is 66.7 Å². The largest absolute Gasteiger partial charge is 0.504 e. The Morgan fingerprint density at radius 1 is 1.07 bits per heavy atom. The highest BCUT2D eigenvalue weighted by molar-refractivity contribution is 6.08. The van der Waals surface area contributed by atoms with Gasteiger partial charge >= 0.3 is 17.9 Å². The summed E-state index contributed by atoms with van der Waals surface area (Å²) in [6.07, 6.45) is 0.613. The molecule has 4 rings (SSSR count). The number of carbonyl (C=O) groups is 4. The van der Waals surface area contributed by atoms with Crippen LogP contribution in [0.5, 0.6) is 17.2 Å². The number of aryl methyl sites for hydroxylation is 1. The van der Waals surface area contributed by atoms with E-state index in [0.717, 1.165) is 29.0 Å².